The summed E-state index contributed by atoms with van der Waals surface area (Å²) >= 11 is 0. The zero-order valence-corrected chi connectivity index (χ0v) is 13.7. The van der Waals surface area contributed by atoms with Gasteiger partial charge < -0.3 is 19.4 Å². The molecule has 0 unspecified atom stereocenters. The highest BCUT2D eigenvalue weighted by Gasteiger charge is 2.30. The van der Waals surface area contributed by atoms with Gasteiger partial charge in [0.05, 0.1) is 21.9 Å². The number of aromatic hydroxyl groups is 2. The Bertz CT molecular complexity index is 1240. The van der Waals surface area contributed by atoms with Crippen LogP contribution in [0.3, 0.4) is 0 Å². The van der Waals surface area contributed by atoms with Crippen molar-refractivity contribution in [3.8, 4) is 11.9 Å². The number of hydrogen-bond donors (Lipinski definition) is 2. The van der Waals surface area contributed by atoms with Gasteiger partial charge in [-0.1, -0.05) is 0 Å². The van der Waals surface area contributed by atoms with Crippen molar-refractivity contribution in [3.05, 3.63) is 58.7 Å². The van der Waals surface area contributed by atoms with Gasteiger partial charge in [-0.25, -0.2) is 9.59 Å². The van der Waals surface area contributed by atoms with Crippen LogP contribution in [0.2, 0.25) is 0 Å². The summed E-state index contributed by atoms with van der Waals surface area (Å²) in [5, 5.41) is 26.0. The minimum atomic E-state index is -0.909. The van der Waals surface area contributed by atoms with Crippen LogP contribution in [0.1, 0.15) is 41.4 Å². The number of furan rings is 1. The summed E-state index contributed by atoms with van der Waals surface area (Å²) < 4.78 is 9.06. The number of nitrogens with zero attached hydrogens (tertiary/aromatic N) is 2. The Morgan fingerprint density at radius 2 is 1.32 bits per heavy atom. The minimum Gasteiger partial charge on any atom is -0.480 e. The highest BCUT2D eigenvalue weighted by molar-refractivity contribution is 6.15. The lowest BCUT2D eigenvalue weighted by Crippen LogP contribution is -2.01. The fourth-order valence-corrected chi connectivity index (χ4v) is 2.67. The van der Waals surface area contributed by atoms with E-state index in [2.05, 4.69) is 19.4 Å². The van der Waals surface area contributed by atoms with Gasteiger partial charge in [-0.2, -0.15) is 0 Å². The first-order valence-electron chi connectivity index (χ1n) is 7.70. The molecule has 1 aromatic heterocycles. The van der Waals surface area contributed by atoms with Crippen molar-refractivity contribution in [1.82, 2.24) is 0 Å². The first-order valence-corrected chi connectivity index (χ1v) is 7.70. The van der Waals surface area contributed by atoms with Crippen LogP contribution in [0.15, 0.2) is 51.0 Å². The zero-order valence-electron chi connectivity index (χ0n) is 13.7. The molecule has 10 nitrogen and oxygen atoms in total. The molecule has 1 aliphatic heterocycles. The van der Waals surface area contributed by atoms with Gasteiger partial charge in [-0.3, -0.25) is 9.59 Å². The molecule has 0 bridgehead atoms. The summed E-state index contributed by atoms with van der Waals surface area (Å²) in [7, 11) is 0. The molecule has 2 aromatic carbocycles. The maximum absolute atomic E-state index is 12.1. The minimum absolute atomic E-state index is 0.0109. The van der Waals surface area contributed by atoms with Crippen molar-refractivity contribution in [2.24, 2.45) is 10.2 Å². The predicted octanol–water partition coefficient (Wildman–Crippen LogP) is 2.59. The van der Waals surface area contributed by atoms with E-state index in [1.807, 2.05) is 0 Å². The first-order chi connectivity index (χ1) is 13.3. The second kappa shape index (κ2) is 6.13. The molecule has 0 atom stereocenters. The Hall–Kier alpha value is -4.34. The predicted molar refractivity (Wildman–Crippen MR) is 89.2 cm³/mol. The van der Waals surface area contributed by atoms with Crippen LogP contribution >= 0.6 is 0 Å². The average molecular weight is 380 g/mol. The van der Waals surface area contributed by atoms with E-state index >= 15 is 0 Å². The number of carbonyl (C=O) groups is 4. The molecular formula is C18H8N2O8. The average Bonchev–Trinajstić information content (AvgIpc) is 3.14. The van der Waals surface area contributed by atoms with E-state index in [-0.39, 0.29) is 33.0 Å². The largest absolute Gasteiger partial charge is 0.480 e. The van der Waals surface area contributed by atoms with E-state index in [4.69, 9.17) is 0 Å². The van der Waals surface area contributed by atoms with Gasteiger partial charge in [0.25, 0.3) is 23.7 Å². The number of fused-ring (bicyclic) bond motifs is 2. The van der Waals surface area contributed by atoms with Crippen molar-refractivity contribution in [2.75, 3.05) is 0 Å². The van der Waals surface area contributed by atoms with Crippen molar-refractivity contribution in [2.45, 2.75) is 0 Å². The molecule has 28 heavy (non-hydrogen) atoms. The van der Waals surface area contributed by atoms with Crippen molar-refractivity contribution < 1.29 is 38.5 Å². The first kappa shape index (κ1) is 17.1. The smallest absolute Gasteiger partial charge is 0.346 e. The number of esters is 2. The molecule has 0 radical (unpaired) electrons. The monoisotopic (exact) mass is 380 g/mol. The van der Waals surface area contributed by atoms with E-state index < -0.39 is 35.6 Å². The molecule has 0 spiro atoms. The molecule has 0 saturated heterocycles. The normalized spacial score (nSPS) is 13.1. The van der Waals surface area contributed by atoms with Crippen LogP contribution in [0, 0.1) is 0 Å². The number of cyclic esters (lactones) is 2. The third-order valence-corrected chi connectivity index (χ3v) is 4.04. The highest BCUT2D eigenvalue weighted by Crippen LogP contribution is 2.36. The van der Waals surface area contributed by atoms with E-state index in [9.17, 15) is 29.4 Å². The zero-order chi connectivity index (χ0) is 20.0. The van der Waals surface area contributed by atoms with Crippen molar-refractivity contribution >= 4 is 34.5 Å². The topological polar surface area (TPSA) is 156 Å². The Balaban J connectivity index is 1.57. The van der Waals surface area contributed by atoms with Crippen LogP contribution in [0.25, 0.3) is 10.8 Å². The number of carbonyl (C=O) groups excluding carboxylic acids is 4. The molecule has 0 saturated carbocycles. The molecule has 0 aliphatic carbocycles. The summed E-state index contributed by atoms with van der Waals surface area (Å²) in [6.07, 6.45) is 0. The number of azo groups is 1. The summed E-state index contributed by atoms with van der Waals surface area (Å²) in [6.45, 7) is 0. The number of amides is 2. The summed E-state index contributed by atoms with van der Waals surface area (Å²) in [4.78, 5) is 47.1. The second-order valence-corrected chi connectivity index (χ2v) is 5.72. The van der Waals surface area contributed by atoms with Gasteiger partial charge in [0.15, 0.2) is 0 Å². The van der Waals surface area contributed by atoms with Crippen LogP contribution in [-0.4, -0.2) is 34.0 Å². The van der Waals surface area contributed by atoms with Crippen LogP contribution < -0.4 is 0 Å². The van der Waals surface area contributed by atoms with Gasteiger partial charge in [0.2, 0.25) is 0 Å². The van der Waals surface area contributed by atoms with E-state index in [0.29, 0.717) is 0 Å². The molecule has 10 heteroatoms. The van der Waals surface area contributed by atoms with Gasteiger partial charge >= 0.3 is 11.9 Å². The highest BCUT2D eigenvalue weighted by atomic mass is 16.6. The molecule has 2 N–H and O–H groups in total. The molecule has 2 heterocycles. The van der Waals surface area contributed by atoms with Crippen molar-refractivity contribution in [1.29, 1.82) is 0 Å². The maximum atomic E-state index is 12.1. The quantitative estimate of drug-likeness (QED) is 0.390. The summed E-state index contributed by atoms with van der Waals surface area (Å²) in [5.41, 5.74) is -0.109. The Labute approximate surface area is 154 Å². The molecule has 4 rings (SSSR count). The van der Waals surface area contributed by atoms with Gasteiger partial charge in [0.1, 0.15) is 0 Å². The third-order valence-electron chi connectivity index (χ3n) is 4.04. The molecule has 3 aromatic rings. The molecule has 138 valence electrons. The molecule has 2 amide bonds. The molecule has 0 fully saturated rings. The van der Waals surface area contributed by atoms with Crippen molar-refractivity contribution in [3.63, 3.8) is 0 Å². The summed E-state index contributed by atoms with van der Waals surface area (Å²) in [5.74, 6) is -4.55. The SMILES string of the molecule is O=C(N=NC(=O)c1ccc2c(O)oc(O)c2c1)c1ccc2c(c1)C(=O)OC2=O. The lowest BCUT2D eigenvalue weighted by molar-refractivity contribution is 0.0443. The second-order valence-electron chi connectivity index (χ2n) is 5.72. The Morgan fingerprint density at radius 3 is 2.04 bits per heavy atom. The lowest BCUT2D eigenvalue weighted by atomic mass is 10.1. The number of rotatable bonds is 2. The number of ether oxygens (including phenoxy) is 1. The molecule has 1 aliphatic rings. The standard InChI is InChI=1S/C18H8N2O8/c21-13(7-1-3-9-11(5-7)17(25)27-15(9)23)19-20-14(22)8-2-4-10-12(6-8)18(26)28-16(10)24/h1-6,23,25H. The van der Waals surface area contributed by atoms with E-state index in [1.54, 1.807) is 0 Å². The van der Waals surface area contributed by atoms with Crippen LogP contribution in [0.5, 0.6) is 11.9 Å². The fourth-order valence-electron chi connectivity index (χ4n) is 2.67. The maximum Gasteiger partial charge on any atom is 0.346 e. The van der Waals surface area contributed by atoms with E-state index in [1.165, 1.54) is 30.3 Å². The number of hydrogen-bond acceptors (Lipinski definition) is 8. The Morgan fingerprint density at radius 1 is 0.750 bits per heavy atom. The number of benzene rings is 2. The van der Waals surface area contributed by atoms with Gasteiger partial charge in [-0.05, 0) is 36.4 Å². The summed E-state index contributed by atoms with van der Waals surface area (Å²) in [6, 6.07) is 7.49. The molecular weight excluding hydrogens is 372 g/mol. The van der Waals surface area contributed by atoms with Gasteiger partial charge in [0, 0.05) is 11.1 Å². The lowest BCUT2D eigenvalue weighted by Gasteiger charge is -1.97. The Kier molecular flexibility index (Phi) is 3.74. The third kappa shape index (κ3) is 2.69. The van der Waals surface area contributed by atoms with Crippen LogP contribution in [-0.2, 0) is 4.74 Å². The van der Waals surface area contributed by atoms with Gasteiger partial charge in [-0.15, -0.1) is 10.2 Å². The van der Waals surface area contributed by atoms with E-state index in [0.717, 1.165) is 6.07 Å². The van der Waals surface area contributed by atoms with Crippen LogP contribution in [0.4, 0.5) is 0 Å². The fraction of sp³-hybridized carbons (Fsp3) is 0.